The fourth-order valence-corrected chi connectivity index (χ4v) is 7.72. The molecule has 7 rings (SSSR count). The van der Waals surface area contributed by atoms with Crippen LogP contribution in [0.25, 0.3) is 32.9 Å². The van der Waals surface area contributed by atoms with E-state index in [1.807, 2.05) is 11.8 Å². The van der Waals surface area contributed by atoms with Gasteiger partial charge in [0.2, 0.25) is 0 Å². The minimum absolute atomic E-state index is 0.0632. The monoisotopic (exact) mass is 635 g/mol. The molecule has 0 radical (unpaired) electrons. The number of hydrogen-bond acceptors (Lipinski definition) is 9. The highest BCUT2D eigenvalue weighted by Gasteiger charge is 2.49. The molecule has 3 fully saturated rings. The summed E-state index contributed by atoms with van der Waals surface area (Å²) in [4.78, 5) is 30.2. The minimum atomic E-state index is -0.943. The van der Waals surface area contributed by atoms with Crippen LogP contribution in [0.15, 0.2) is 30.5 Å². The second kappa shape index (κ2) is 11.9. The first-order valence-electron chi connectivity index (χ1n) is 15.9. The lowest BCUT2D eigenvalue weighted by Gasteiger charge is -2.33. The second-order valence-electron chi connectivity index (χ2n) is 12.7. The van der Waals surface area contributed by atoms with Gasteiger partial charge in [-0.05, 0) is 73.2 Å². The number of hydrogen-bond donors (Lipinski definition) is 1. The molecule has 0 unspecified atom stereocenters. The summed E-state index contributed by atoms with van der Waals surface area (Å²) in [6.07, 6.45) is 4.27. The third-order valence-electron chi connectivity index (χ3n) is 9.89. The van der Waals surface area contributed by atoms with Crippen molar-refractivity contribution in [3.05, 3.63) is 47.7 Å². The molecule has 5 heterocycles. The van der Waals surface area contributed by atoms with Crippen molar-refractivity contribution in [1.29, 1.82) is 0 Å². The summed E-state index contributed by atoms with van der Waals surface area (Å²) in [7, 11) is 1.35. The van der Waals surface area contributed by atoms with Gasteiger partial charge >= 0.3 is 12.0 Å². The van der Waals surface area contributed by atoms with Crippen LogP contribution in [0.2, 0.25) is 0 Å². The van der Waals surface area contributed by atoms with E-state index in [2.05, 4.69) is 14.9 Å². The molecule has 0 saturated carbocycles. The maximum Gasteiger partial charge on any atom is 0.319 e. The average molecular weight is 636 g/mol. The number of benzene rings is 2. The molecule has 9 nitrogen and oxygen atoms in total. The molecule has 0 bridgehead atoms. The number of aryl methyl sites for hydroxylation is 1. The maximum atomic E-state index is 16.8. The first kappa shape index (κ1) is 30.5. The van der Waals surface area contributed by atoms with Crippen LogP contribution in [-0.4, -0.2) is 82.5 Å². The molecule has 2 aromatic heterocycles. The molecule has 3 atom stereocenters. The fourth-order valence-electron chi connectivity index (χ4n) is 7.72. The van der Waals surface area contributed by atoms with Crippen LogP contribution < -0.4 is 9.64 Å². The van der Waals surface area contributed by atoms with E-state index in [0.29, 0.717) is 72.9 Å². The van der Waals surface area contributed by atoms with Crippen molar-refractivity contribution in [2.75, 3.05) is 44.8 Å². The Morgan fingerprint density at radius 1 is 1.15 bits per heavy atom. The summed E-state index contributed by atoms with van der Waals surface area (Å²) in [6.45, 7) is 3.97. The lowest BCUT2D eigenvalue weighted by atomic mass is 9.94. The number of carbonyl (C=O) groups is 1. The predicted molar refractivity (Wildman–Crippen MR) is 167 cm³/mol. The van der Waals surface area contributed by atoms with Gasteiger partial charge in [-0.15, -0.1) is 0 Å². The SMILES string of the molecule is CCc1c(F)ccc2cc(O)cc(-c3ncc4c(N5CCC[C@@H](C(=O)OC)C5)nc(OC[C@@]56CCCN5C[C@H](F)C6)nc4c3F)c12. The van der Waals surface area contributed by atoms with Crippen molar-refractivity contribution in [3.8, 4) is 23.0 Å². The average Bonchev–Trinajstić information content (AvgIpc) is 3.59. The molecule has 4 aromatic rings. The number of phenols is 1. The third kappa shape index (κ3) is 5.16. The molecule has 3 aliphatic rings. The van der Waals surface area contributed by atoms with Crippen molar-refractivity contribution >= 4 is 33.5 Å². The normalized spacial score (nSPS) is 23.3. The summed E-state index contributed by atoms with van der Waals surface area (Å²) >= 11 is 0. The molecule has 242 valence electrons. The Morgan fingerprint density at radius 3 is 2.80 bits per heavy atom. The van der Waals surface area contributed by atoms with Gasteiger partial charge in [0.1, 0.15) is 41.4 Å². The molecular formula is C34H36F3N5O4. The molecule has 1 N–H and O–H groups in total. The van der Waals surface area contributed by atoms with E-state index >= 15 is 4.39 Å². The van der Waals surface area contributed by atoms with Gasteiger partial charge in [0.25, 0.3) is 0 Å². The van der Waals surface area contributed by atoms with Gasteiger partial charge in [0.05, 0.1) is 24.0 Å². The van der Waals surface area contributed by atoms with Crippen molar-refractivity contribution in [2.45, 2.75) is 57.2 Å². The number of esters is 1. The number of nitrogens with zero attached hydrogens (tertiary/aromatic N) is 5. The molecular weight excluding hydrogens is 599 g/mol. The number of pyridine rings is 1. The van der Waals surface area contributed by atoms with Gasteiger partial charge in [-0.2, -0.15) is 9.97 Å². The van der Waals surface area contributed by atoms with E-state index in [1.165, 1.54) is 31.5 Å². The Hall–Kier alpha value is -4.19. The number of ether oxygens (including phenoxy) is 2. The number of methoxy groups -OCH3 is 1. The van der Waals surface area contributed by atoms with Crippen LogP contribution in [0, 0.1) is 17.6 Å². The summed E-state index contributed by atoms with van der Waals surface area (Å²) in [6, 6.07) is 5.70. The number of anilines is 1. The highest BCUT2D eigenvalue weighted by Crippen LogP contribution is 2.42. The largest absolute Gasteiger partial charge is 0.508 e. The summed E-state index contributed by atoms with van der Waals surface area (Å²) in [5, 5.41) is 11.9. The van der Waals surface area contributed by atoms with Gasteiger partial charge in [-0.25, -0.2) is 13.2 Å². The van der Waals surface area contributed by atoms with Gasteiger partial charge in [-0.1, -0.05) is 13.0 Å². The Morgan fingerprint density at radius 2 is 2.00 bits per heavy atom. The van der Waals surface area contributed by atoms with Crippen molar-refractivity contribution in [2.24, 2.45) is 5.92 Å². The number of halogens is 3. The first-order valence-corrected chi connectivity index (χ1v) is 15.9. The molecule has 0 amide bonds. The number of carbonyl (C=O) groups excluding carboxylic acids is 1. The topological polar surface area (TPSA) is 101 Å². The van der Waals surface area contributed by atoms with E-state index < -0.39 is 29.3 Å². The Kier molecular flexibility index (Phi) is 7.86. The predicted octanol–water partition coefficient (Wildman–Crippen LogP) is 5.74. The van der Waals surface area contributed by atoms with E-state index in [4.69, 9.17) is 14.5 Å². The number of piperidine rings is 1. The maximum absolute atomic E-state index is 16.8. The van der Waals surface area contributed by atoms with E-state index in [0.717, 1.165) is 19.4 Å². The van der Waals surface area contributed by atoms with Crippen LogP contribution in [0.5, 0.6) is 11.8 Å². The molecule has 46 heavy (non-hydrogen) atoms. The van der Waals surface area contributed by atoms with Gasteiger partial charge in [-0.3, -0.25) is 14.7 Å². The van der Waals surface area contributed by atoms with Crippen LogP contribution in [0.3, 0.4) is 0 Å². The third-order valence-corrected chi connectivity index (χ3v) is 9.89. The highest BCUT2D eigenvalue weighted by molar-refractivity contribution is 6.01. The first-order chi connectivity index (χ1) is 22.2. The fraction of sp³-hybridized carbons (Fsp3) is 0.471. The van der Waals surface area contributed by atoms with Gasteiger partial charge in [0.15, 0.2) is 5.82 Å². The summed E-state index contributed by atoms with van der Waals surface area (Å²) in [5.74, 6) is -1.69. The standard InChI is InChI=1S/C34H36F3N5O4/c1-3-23-26(36)8-7-19-12-22(43)13-24(27(19)23)29-28(37)30-25(15-38-29)31(41-10-4-6-20(16-41)32(44)45-2)40-33(39-30)46-18-34-9-5-11-42(34)17-21(35)14-34/h7-8,12-13,15,20-21,43H,3-6,9-11,14,16-18H2,1-2H3/t20-,21-,34+/m1/s1. The van der Waals surface area contributed by atoms with E-state index in [1.54, 1.807) is 6.07 Å². The Bertz CT molecular complexity index is 1840. The molecule has 2 aromatic carbocycles. The second-order valence-corrected chi connectivity index (χ2v) is 12.7. The molecule has 12 heteroatoms. The molecule has 3 aliphatic heterocycles. The zero-order chi connectivity index (χ0) is 32.2. The number of rotatable bonds is 7. The van der Waals surface area contributed by atoms with Crippen molar-refractivity contribution < 1.29 is 32.5 Å². The van der Waals surface area contributed by atoms with Crippen molar-refractivity contribution in [1.82, 2.24) is 19.9 Å². The lowest BCUT2D eigenvalue weighted by Crippen LogP contribution is -2.43. The minimum Gasteiger partial charge on any atom is -0.508 e. The quantitative estimate of drug-likeness (QED) is 0.255. The van der Waals surface area contributed by atoms with Gasteiger partial charge < -0.3 is 19.5 Å². The van der Waals surface area contributed by atoms with E-state index in [9.17, 15) is 18.7 Å². The van der Waals surface area contributed by atoms with Crippen LogP contribution in [0.4, 0.5) is 19.0 Å². The summed E-state index contributed by atoms with van der Waals surface area (Å²) < 4.78 is 57.4. The molecule has 3 saturated heterocycles. The molecule has 0 spiro atoms. The zero-order valence-corrected chi connectivity index (χ0v) is 25.9. The smallest absolute Gasteiger partial charge is 0.319 e. The number of alkyl halides is 1. The van der Waals surface area contributed by atoms with Crippen LogP contribution >= 0.6 is 0 Å². The Balaban J connectivity index is 1.37. The Labute approximate surface area is 264 Å². The number of phenolic OH excluding ortho intramolecular Hbond substituents is 1. The van der Waals surface area contributed by atoms with Gasteiger partial charge in [0, 0.05) is 37.8 Å². The number of aromatic hydroxyl groups is 1. The molecule has 0 aliphatic carbocycles. The number of fused-ring (bicyclic) bond motifs is 3. The van der Waals surface area contributed by atoms with E-state index in [-0.39, 0.29) is 41.1 Å². The van der Waals surface area contributed by atoms with Crippen LogP contribution in [-0.2, 0) is 16.0 Å². The van der Waals surface area contributed by atoms with Crippen molar-refractivity contribution in [3.63, 3.8) is 0 Å². The highest BCUT2D eigenvalue weighted by atomic mass is 19.1. The lowest BCUT2D eigenvalue weighted by molar-refractivity contribution is -0.145. The van der Waals surface area contributed by atoms with Crippen LogP contribution in [0.1, 0.15) is 44.6 Å². The number of aromatic nitrogens is 3. The zero-order valence-electron chi connectivity index (χ0n) is 25.9. The summed E-state index contributed by atoms with van der Waals surface area (Å²) in [5.41, 5.74) is -0.0232.